The number of nitrogens with zero attached hydrogens (tertiary/aromatic N) is 2. The third kappa shape index (κ3) is 9.63. The lowest BCUT2D eigenvalue weighted by molar-refractivity contribution is -0.138. The number of aromatic amines is 1. The van der Waals surface area contributed by atoms with Crippen molar-refractivity contribution in [2.45, 2.75) is 13.8 Å². The normalized spacial score (nSPS) is 10.7. The molecule has 1 aromatic heterocycles. The molecule has 3 aromatic carbocycles. The quantitative estimate of drug-likeness (QED) is 0.0749. The highest BCUT2D eigenvalue weighted by Gasteiger charge is 2.21. The van der Waals surface area contributed by atoms with Crippen molar-refractivity contribution in [2.75, 3.05) is 55.8 Å². The molecule has 0 aliphatic rings. The number of hydrogen-bond acceptors (Lipinski definition) is 10. The number of aliphatic carboxylic acids is 4. The molecule has 258 valence electrons. The van der Waals surface area contributed by atoms with E-state index in [0.29, 0.717) is 22.3 Å². The highest BCUT2D eigenvalue weighted by Crippen LogP contribution is 2.35. The molecule has 0 saturated carbocycles. The number of aromatic nitrogens is 1. The number of benzene rings is 3. The van der Waals surface area contributed by atoms with Crippen LogP contribution in [0, 0.1) is 6.92 Å². The van der Waals surface area contributed by atoms with E-state index in [1.165, 1.54) is 0 Å². The van der Waals surface area contributed by atoms with Crippen LogP contribution >= 0.6 is 0 Å². The molecule has 0 unspecified atom stereocenters. The summed E-state index contributed by atoms with van der Waals surface area (Å²) in [5.74, 6) is -5.07. The molecule has 0 aliphatic carbocycles. The van der Waals surface area contributed by atoms with Crippen molar-refractivity contribution in [1.29, 1.82) is 0 Å². The Hall–Kier alpha value is -6.25. The highest BCUT2D eigenvalue weighted by molar-refractivity contribution is 5.96. The summed E-state index contributed by atoms with van der Waals surface area (Å²) < 4.78 is 17.1. The van der Waals surface area contributed by atoms with Crippen LogP contribution in [0.1, 0.15) is 22.8 Å². The second kappa shape index (κ2) is 16.0. The molecule has 15 nitrogen and oxygen atoms in total. The number of ether oxygens (including phenoxy) is 3. The number of carbonyl (C=O) groups excluding carboxylic acids is 1. The van der Waals surface area contributed by atoms with Gasteiger partial charge < -0.3 is 49.4 Å². The van der Waals surface area contributed by atoms with Crippen molar-refractivity contribution in [2.24, 2.45) is 0 Å². The molecule has 0 aliphatic heterocycles. The van der Waals surface area contributed by atoms with Crippen LogP contribution < -0.4 is 19.3 Å². The number of carbonyl (C=O) groups is 5. The molecule has 4 rings (SSSR count). The van der Waals surface area contributed by atoms with Gasteiger partial charge in [0.2, 0.25) is 0 Å². The summed E-state index contributed by atoms with van der Waals surface area (Å²) in [5.41, 5.74) is 3.48. The van der Waals surface area contributed by atoms with Gasteiger partial charge >= 0.3 is 29.8 Å². The SMILES string of the molecule is CCOC(=O)c1ccc2cc(-c3ccc(N(CC(=O)O)CC(=O)O)c(OCCOc4cc(C)ccc4N(CC(=O)O)CC(=O)O)c3)[nH]c2c1. The summed E-state index contributed by atoms with van der Waals surface area (Å²) in [6.45, 7) is 1.08. The largest absolute Gasteiger partial charge is 0.488 e. The number of rotatable bonds is 18. The Labute approximate surface area is 279 Å². The van der Waals surface area contributed by atoms with Crippen LogP contribution in [0.5, 0.6) is 11.5 Å². The molecular formula is C34H35N3O12. The van der Waals surface area contributed by atoms with E-state index in [-0.39, 0.29) is 42.7 Å². The van der Waals surface area contributed by atoms with Crippen LogP contribution in [0.2, 0.25) is 0 Å². The van der Waals surface area contributed by atoms with E-state index in [2.05, 4.69) is 4.98 Å². The Balaban J connectivity index is 1.63. The van der Waals surface area contributed by atoms with Gasteiger partial charge in [0.1, 0.15) is 50.9 Å². The Kier molecular flexibility index (Phi) is 11.7. The van der Waals surface area contributed by atoms with E-state index in [1.807, 2.05) is 6.07 Å². The second-order valence-electron chi connectivity index (χ2n) is 10.8. The van der Waals surface area contributed by atoms with Gasteiger partial charge in [-0.3, -0.25) is 19.2 Å². The molecule has 49 heavy (non-hydrogen) atoms. The molecule has 15 heteroatoms. The summed E-state index contributed by atoms with van der Waals surface area (Å²) in [4.78, 5) is 63.9. The Morgan fingerprint density at radius 2 is 1.20 bits per heavy atom. The first-order valence-electron chi connectivity index (χ1n) is 15.0. The minimum absolute atomic E-state index is 0.102. The van der Waals surface area contributed by atoms with E-state index in [4.69, 9.17) is 14.2 Å². The average Bonchev–Trinajstić information content (AvgIpc) is 3.45. The smallest absolute Gasteiger partial charge is 0.338 e. The van der Waals surface area contributed by atoms with Gasteiger partial charge in [-0.25, -0.2) is 4.79 Å². The lowest BCUT2D eigenvalue weighted by Crippen LogP contribution is -2.35. The predicted octanol–water partition coefficient (Wildman–Crippen LogP) is 3.73. The molecule has 0 fully saturated rings. The molecule has 4 aromatic rings. The van der Waals surface area contributed by atoms with Crippen molar-refractivity contribution in [1.82, 2.24) is 4.98 Å². The van der Waals surface area contributed by atoms with Gasteiger partial charge in [-0.05, 0) is 61.9 Å². The van der Waals surface area contributed by atoms with E-state index in [9.17, 15) is 44.4 Å². The molecule has 0 bridgehead atoms. The topological polar surface area (TPSA) is 216 Å². The maximum atomic E-state index is 12.2. The standard InChI is InChI=1S/C34H35N3O12/c1-3-47-34(46)23-6-5-21-13-24(35-25(21)14-23)22-7-9-27(37(18-32(42)43)19-33(44)45)29(15-22)49-11-10-48-28-12-20(2)4-8-26(28)36(16-30(38)39)17-31(40)41/h4-9,12-15,35H,3,10-11,16-19H2,1-2H3,(H,38,39)(H,40,41)(H,42,43)(H,44,45). The molecule has 1 heterocycles. The zero-order valence-corrected chi connectivity index (χ0v) is 26.7. The number of fused-ring (bicyclic) bond motifs is 1. The Bertz CT molecular complexity index is 1840. The number of hydrogen-bond donors (Lipinski definition) is 5. The first kappa shape index (κ1) is 35.6. The van der Waals surface area contributed by atoms with Gasteiger partial charge in [-0.1, -0.05) is 18.2 Å². The molecule has 5 N–H and O–H groups in total. The molecule has 0 radical (unpaired) electrons. The molecule has 0 spiro atoms. The van der Waals surface area contributed by atoms with Crippen LogP contribution in [-0.2, 0) is 23.9 Å². The van der Waals surface area contributed by atoms with Crippen LogP contribution in [0.3, 0.4) is 0 Å². The van der Waals surface area contributed by atoms with Crippen LogP contribution in [-0.4, -0.2) is 101 Å². The first-order valence-corrected chi connectivity index (χ1v) is 15.0. The summed E-state index contributed by atoms with van der Waals surface area (Å²) in [6.07, 6.45) is 0. The fourth-order valence-electron chi connectivity index (χ4n) is 5.09. The minimum Gasteiger partial charge on any atom is -0.488 e. The molecule has 0 saturated heterocycles. The van der Waals surface area contributed by atoms with Crippen molar-refractivity contribution in [3.63, 3.8) is 0 Å². The number of anilines is 2. The fourth-order valence-corrected chi connectivity index (χ4v) is 5.09. The third-order valence-corrected chi connectivity index (χ3v) is 7.10. The number of carboxylic acids is 4. The summed E-state index contributed by atoms with van der Waals surface area (Å²) in [6, 6.07) is 16.6. The maximum absolute atomic E-state index is 12.2. The van der Waals surface area contributed by atoms with Crippen molar-refractivity contribution in [3.05, 3.63) is 71.8 Å². The lowest BCUT2D eigenvalue weighted by Gasteiger charge is -2.25. The third-order valence-electron chi connectivity index (χ3n) is 7.10. The molecule has 0 amide bonds. The van der Waals surface area contributed by atoms with Crippen LogP contribution in [0.4, 0.5) is 11.4 Å². The fraction of sp³-hybridized carbons (Fsp3) is 0.265. The monoisotopic (exact) mass is 677 g/mol. The first-order chi connectivity index (χ1) is 23.3. The van der Waals surface area contributed by atoms with E-state index >= 15 is 0 Å². The minimum atomic E-state index is -1.26. The van der Waals surface area contributed by atoms with Gasteiger partial charge in [-0.2, -0.15) is 0 Å². The second-order valence-corrected chi connectivity index (χ2v) is 10.8. The Morgan fingerprint density at radius 1 is 0.673 bits per heavy atom. The number of esters is 1. The zero-order chi connectivity index (χ0) is 35.7. The Morgan fingerprint density at radius 3 is 1.73 bits per heavy atom. The molecule has 0 atom stereocenters. The predicted molar refractivity (Wildman–Crippen MR) is 177 cm³/mol. The summed E-state index contributed by atoms with van der Waals surface area (Å²) in [5, 5.41) is 38.4. The van der Waals surface area contributed by atoms with Gasteiger partial charge in [-0.15, -0.1) is 0 Å². The lowest BCUT2D eigenvalue weighted by atomic mass is 10.1. The van der Waals surface area contributed by atoms with Crippen LogP contribution in [0.15, 0.2) is 60.7 Å². The van der Waals surface area contributed by atoms with Crippen molar-refractivity contribution < 1.29 is 58.6 Å². The van der Waals surface area contributed by atoms with Crippen molar-refractivity contribution >= 4 is 52.1 Å². The van der Waals surface area contributed by atoms with E-state index < -0.39 is 56.0 Å². The van der Waals surface area contributed by atoms with Crippen LogP contribution in [0.25, 0.3) is 22.2 Å². The zero-order valence-electron chi connectivity index (χ0n) is 26.7. The summed E-state index contributed by atoms with van der Waals surface area (Å²) >= 11 is 0. The van der Waals surface area contributed by atoms with E-state index in [0.717, 1.165) is 20.7 Å². The average molecular weight is 678 g/mol. The molecular weight excluding hydrogens is 642 g/mol. The van der Waals surface area contributed by atoms with Gasteiger partial charge in [0, 0.05) is 22.2 Å². The number of aryl methyl sites for hydroxylation is 1. The van der Waals surface area contributed by atoms with Gasteiger partial charge in [0.05, 0.1) is 23.5 Å². The summed E-state index contributed by atoms with van der Waals surface area (Å²) in [7, 11) is 0. The van der Waals surface area contributed by atoms with E-state index in [1.54, 1.807) is 68.4 Å². The maximum Gasteiger partial charge on any atom is 0.338 e. The number of nitrogens with one attached hydrogen (secondary N) is 1. The van der Waals surface area contributed by atoms with Gasteiger partial charge in [0.25, 0.3) is 0 Å². The number of carboxylic acid groups (broad SMARTS) is 4. The van der Waals surface area contributed by atoms with Crippen molar-refractivity contribution in [3.8, 4) is 22.8 Å². The number of H-pyrrole nitrogens is 1. The van der Waals surface area contributed by atoms with Gasteiger partial charge in [0.15, 0.2) is 0 Å². The highest BCUT2D eigenvalue weighted by atomic mass is 16.5.